The van der Waals surface area contributed by atoms with Crippen molar-refractivity contribution in [2.24, 2.45) is 0 Å². The smallest absolute Gasteiger partial charge is 0.226 e. The Hall–Kier alpha value is -2.93. The fourth-order valence-corrected chi connectivity index (χ4v) is 3.17. The fourth-order valence-electron chi connectivity index (χ4n) is 3.17. The van der Waals surface area contributed by atoms with E-state index in [-0.39, 0.29) is 0 Å². The molecule has 0 saturated carbocycles. The van der Waals surface area contributed by atoms with E-state index in [4.69, 9.17) is 5.73 Å². The van der Waals surface area contributed by atoms with Crippen LogP contribution in [0.2, 0.25) is 0 Å². The first-order chi connectivity index (χ1) is 12.7. The minimum atomic E-state index is 0.369. The quantitative estimate of drug-likeness (QED) is 0.667. The molecule has 0 unspecified atom stereocenters. The number of nitrogens with zero attached hydrogens (tertiary/aromatic N) is 4. The van der Waals surface area contributed by atoms with Gasteiger partial charge in [-0.25, -0.2) is 4.98 Å². The standard InChI is InChI=1S/C19H23N7/c1-26-11-9-14(10-12-26)22-19-24-17(20)15-7-8-16(23-18(15)25-19)21-13-5-3-2-4-6-13/h2-8,14H,9-12H2,1H3,(H4,20,21,22,23,24,25). The van der Waals surface area contributed by atoms with Gasteiger partial charge in [0, 0.05) is 11.7 Å². The van der Waals surface area contributed by atoms with E-state index in [1.165, 1.54) is 0 Å². The molecular formula is C19H23N7. The Morgan fingerprint density at radius 3 is 2.54 bits per heavy atom. The van der Waals surface area contributed by atoms with E-state index < -0.39 is 0 Å². The summed E-state index contributed by atoms with van der Waals surface area (Å²) in [6.07, 6.45) is 2.14. The molecule has 3 aromatic rings. The van der Waals surface area contributed by atoms with Crippen LogP contribution in [-0.2, 0) is 0 Å². The molecule has 1 saturated heterocycles. The highest BCUT2D eigenvalue weighted by Gasteiger charge is 2.18. The summed E-state index contributed by atoms with van der Waals surface area (Å²) in [5.74, 6) is 1.73. The lowest BCUT2D eigenvalue weighted by Gasteiger charge is -2.29. The van der Waals surface area contributed by atoms with Crippen molar-refractivity contribution in [3.8, 4) is 0 Å². The van der Waals surface area contributed by atoms with Crippen molar-refractivity contribution in [1.29, 1.82) is 0 Å². The molecule has 1 fully saturated rings. The third kappa shape index (κ3) is 3.67. The molecule has 1 aliphatic rings. The fraction of sp³-hybridized carbons (Fsp3) is 0.316. The third-order valence-corrected chi connectivity index (χ3v) is 4.69. The van der Waals surface area contributed by atoms with Crippen molar-refractivity contribution >= 4 is 34.3 Å². The molecule has 0 aliphatic carbocycles. The van der Waals surface area contributed by atoms with Gasteiger partial charge in [0.15, 0.2) is 5.65 Å². The summed E-state index contributed by atoms with van der Waals surface area (Å²) >= 11 is 0. The average molecular weight is 349 g/mol. The first-order valence-electron chi connectivity index (χ1n) is 8.89. The van der Waals surface area contributed by atoms with Crippen molar-refractivity contribution < 1.29 is 0 Å². The van der Waals surface area contributed by atoms with Crippen LogP contribution in [0.4, 0.5) is 23.3 Å². The molecule has 0 atom stereocenters. The van der Waals surface area contributed by atoms with Crippen molar-refractivity contribution in [2.45, 2.75) is 18.9 Å². The molecular weight excluding hydrogens is 326 g/mol. The Kier molecular flexibility index (Phi) is 4.53. The van der Waals surface area contributed by atoms with E-state index in [0.717, 1.165) is 42.8 Å². The van der Waals surface area contributed by atoms with E-state index in [0.29, 0.717) is 23.5 Å². The Morgan fingerprint density at radius 1 is 1.00 bits per heavy atom. The number of piperidine rings is 1. The molecule has 0 bridgehead atoms. The number of rotatable bonds is 4. The number of nitrogens with two attached hydrogens (primary N) is 1. The Labute approximate surface area is 152 Å². The molecule has 4 N–H and O–H groups in total. The molecule has 7 heteroatoms. The van der Waals surface area contributed by atoms with Gasteiger partial charge >= 0.3 is 0 Å². The van der Waals surface area contributed by atoms with Crippen LogP contribution in [0.3, 0.4) is 0 Å². The lowest BCUT2D eigenvalue weighted by Crippen LogP contribution is -2.37. The van der Waals surface area contributed by atoms with Gasteiger partial charge in [0.05, 0.1) is 5.39 Å². The van der Waals surface area contributed by atoms with Gasteiger partial charge in [-0.05, 0) is 57.2 Å². The second kappa shape index (κ2) is 7.13. The maximum Gasteiger partial charge on any atom is 0.226 e. The number of anilines is 4. The number of nitrogens with one attached hydrogen (secondary N) is 2. The Morgan fingerprint density at radius 2 is 1.77 bits per heavy atom. The lowest BCUT2D eigenvalue weighted by molar-refractivity contribution is 0.263. The number of hydrogen-bond donors (Lipinski definition) is 3. The molecule has 0 radical (unpaired) electrons. The van der Waals surface area contributed by atoms with E-state index in [1.54, 1.807) is 0 Å². The number of aromatic nitrogens is 3. The van der Waals surface area contributed by atoms with Crippen molar-refractivity contribution in [3.63, 3.8) is 0 Å². The highest BCUT2D eigenvalue weighted by atomic mass is 15.2. The SMILES string of the molecule is CN1CCC(Nc2nc(N)c3ccc(Nc4ccccc4)nc3n2)CC1. The van der Waals surface area contributed by atoms with Gasteiger partial charge in [0.1, 0.15) is 11.6 Å². The summed E-state index contributed by atoms with van der Waals surface area (Å²) in [6, 6.07) is 14.1. The average Bonchev–Trinajstić information content (AvgIpc) is 2.64. The second-order valence-corrected chi connectivity index (χ2v) is 6.71. The lowest BCUT2D eigenvalue weighted by atomic mass is 10.1. The van der Waals surface area contributed by atoms with Gasteiger partial charge in [0.25, 0.3) is 0 Å². The summed E-state index contributed by atoms with van der Waals surface area (Å²) < 4.78 is 0. The maximum atomic E-state index is 6.13. The Balaban J connectivity index is 1.57. The highest BCUT2D eigenvalue weighted by molar-refractivity contribution is 5.87. The molecule has 7 nitrogen and oxygen atoms in total. The summed E-state index contributed by atoms with van der Waals surface area (Å²) in [5.41, 5.74) is 7.70. The summed E-state index contributed by atoms with van der Waals surface area (Å²) in [6.45, 7) is 2.15. The first-order valence-corrected chi connectivity index (χ1v) is 8.89. The maximum absolute atomic E-state index is 6.13. The molecule has 1 aromatic carbocycles. The monoisotopic (exact) mass is 349 g/mol. The molecule has 1 aliphatic heterocycles. The van der Waals surface area contributed by atoms with E-state index in [2.05, 4.69) is 37.5 Å². The summed E-state index contributed by atoms with van der Waals surface area (Å²) in [7, 11) is 2.14. The van der Waals surface area contributed by atoms with E-state index in [9.17, 15) is 0 Å². The number of para-hydroxylation sites is 1. The Bertz CT molecular complexity index is 889. The normalized spacial score (nSPS) is 15.9. The van der Waals surface area contributed by atoms with Crippen LogP contribution >= 0.6 is 0 Å². The van der Waals surface area contributed by atoms with Crippen LogP contribution in [0.5, 0.6) is 0 Å². The predicted molar refractivity (Wildman–Crippen MR) is 106 cm³/mol. The van der Waals surface area contributed by atoms with E-state index >= 15 is 0 Å². The van der Waals surface area contributed by atoms with Gasteiger partial charge in [-0.15, -0.1) is 0 Å². The zero-order valence-corrected chi connectivity index (χ0v) is 14.8. The third-order valence-electron chi connectivity index (χ3n) is 4.69. The van der Waals surface area contributed by atoms with Gasteiger partial charge in [-0.2, -0.15) is 9.97 Å². The number of fused-ring (bicyclic) bond motifs is 1. The van der Waals surface area contributed by atoms with Crippen molar-refractivity contribution in [2.75, 3.05) is 36.5 Å². The second-order valence-electron chi connectivity index (χ2n) is 6.71. The van der Waals surface area contributed by atoms with E-state index in [1.807, 2.05) is 42.5 Å². The zero-order chi connectivity index (χ0) is 17.9. The molecule has 4 rings (SSSR count). The molecule has 3 heterocycles. The first kappa shape index (κ1) is 16.5. The zero-order valence-electron chi connectivity index (χ0n) is 14.8. The van der Waals surface area contributed by atoms with Crippen molar-refractivity contribution in [3.05, 3.63) is 42.5 Å². The van der Waals surface area contributed by atoms with Gasteiger partial charge in [-0.1, -0.05) is 18.2 Å². The van der Waals surface area contributed by atoms with Gasteiger partial charge in [0.2, 0.25) is 5.95 Å². The summed E-state index contributed by atoms with van der Waals surface area (Å²) in [5, 5.41) is 7.46. The largest absolute Gasteiger partial charge is 0.383 e. The predicted octanol–water partition coefficient (Wildman–Crippen LogP) is 2.86. The minimum Gasteiger partial charge on any atom is -0.383 e. The van der Waals surface area contributed by atoms with Crippen LogP contribution < -0.4 is 16.4 Å². The number of nitrogen functional groups attached to an aromatic ring is 1. The van der Waals surface area contributed by atoms with Gasteiger partial charge in [-0.3, -0.25) is 0 Å². The van der Waals surface area contributed by atoms with Crippen LogP contribution in [0, 0.1) is 0 Å². The van der Waals surface area contributed by atoms with Crippen LogP contribution in [-0.4, -0.2) is 46.0 Å². The molecule has 26 heavy (non-hydrogen) atoms. The summed E-state index contributed by atoms with van der Waals surface area (Å²) in [4.78, 5) is 15.9. The van der Waals surface area contributed by atoms with Crippen LogP contribution in [0.1, 0.15) is 12.8 Å². The molecule has 0 spiro atoms. The number of benzene rings is 1. The van der Waals surface area contributed by atoms with Gasteiger partial charge < -0.3 is 21.3 Å². The number of hydrogen-bond acceptors (Lipinski definition) is 7. The number of pyridine rings is 1. The minimum absolute atomic E-state index is 0.369. The van der Waals surface area contributed by atoms with Crippen molar-refractivity contribution in [1.82, 2.24) is 19.9 Å². The molecule has 134 valence electrons. The molecule has 0 amide bonds. The van der Waals surface area contributed by atoms with Crippen LogP contribution in [0.15, 0.2) is 42.5 Å². The molecule has 2 aromatic heterocycles. The number of likely N-dealkylation sites (tertiary alicyclic amines) is 1. The topological polar surface area (TPSA) is 92.0 Å². The highest BCUT2D eigenvalue weighted by Crippen LogP contribution is 2.23. The van der Waals surface area contributed by atoms with Crippen LogP contribution in [0.25, 0.3) is 11.0 Å².